The van der Waals surface area contributed by atoms with Crippen molar-refractivity contribution in [1.29, 1.82) is 0 Å². The van der Waals surface area contributed by atoms with Crippen molar-refractivity contribution in [3.63, 3.8) is 0 Å². The third kappa shape index (κ3) is 3.20. The topological polar surface area (TPSA) is 95.9 Å². The summed E-state index contributed by atoms with van der Waals surface area (Å²) in [5.41, 5.74) is 0. The van der Waals surface area contributed by atoms with Crippen LogP contribution in [0.15, 0.2) is 0 Å². The molecule has 1 heterocycles. The van der Waals surface area contributed by atoms with E-state index in [1.54, 1.807) is 0 Å². The molecule has 2 amide bonds. The van der Waals surface area contributed by atoms with E-state index >= 15 is 0 Å². The number of likely N-dealkylation sites (tertiary alicyclic amines) is 1. The molecule has 0 aromatic heterocycles. The van der Waals surface area contributed by atoms with Crippen molar-refractivity contribution < 1.29 is 24.2 Å². The van der Waals surface area contributed by atoms with Gasteiger partial charge in [0.05, 0.1) is 18.9 Å². The molecule has 7 heteroatoms. The number of aliphatic carboxylic acids is 1. The summed E-state index contributed by atoms with van der Waals surface area (Å²) in [6.45, 7) is 0.726. The van der Waals surface area contributed by atoms with E-state index in [-0.39, 0.29) is 30.5 Å². The summed E-state index contributed by atoms with van der Waals surface area (Å²) in [4.78, 5) is 35.8. The Balaban J connectivity index is 1.79. The maximum Gasteiger partial charge on any atom is 0.317 e. The van der Waals surface area contributed by atoms with Crippen molar-refractivity contribution in [3.05, 3.63) is 0 Å². The third-order valence-corrected chi connectivity index (χ3v) is 4.12. The Morgan fingerprint density at radius 2 is 1.95 bits per heavy atom. The first-order valence-electron chi connectivity index (χ1n) is 6.87. The standard InChI is InChI=1S/C13H20N2O5/c1-20-12(18)8-2-3-10(6-8)14-13(19)15-5-4-9(7-15)11(16)17/h8-10H,2-7H2,1H3,(H,14,19)(H,16,17)/t8-,9?,10+/m0/s1. The number of hydrogen-bond donors (Lipinski definition) is 2. The van der Waals surface area contributed by atoms with Gasteiger partial charge in [-0.3, -0.25) is 9.59 Å². The summed E-state index contributed by atoms with van der Waals surface area (Å²) in [6, 6.07) is -0.264. The van der Waals surface area contributed by atoms with Gasteiger partial charge >= 0.3 is 18.0 Å². The molecule has 2 N–H and O–H groups in total. The number of hydrogen-bond acceptors (Lipinski definition) is 4. The molecule has 3 atom stereocenters. The second-order valence-corrected chi connectivity index (χ2v) is 5.45. The number of rotatable bonds is 3. The normalized spacial score (nSPS) is 29.2. The highest BCUT2D eigenvalue weighted by molar-refractivity contribution is 5.78. The average molecular weight is 284 g/mol. The number of nitrogens with zero attached hydrogens (tertiary/aromatic N) is 1. The van der Waals surface area contributed by atoms with Crippen LogP contribution in [0.4, 0.5) is 4.79 Å². The second-order valence-electron chi connectivity index (χ2n) is 5.45. The number of amides is 2. The Hall–Kier alpha value is -1.79. The van der Waals surface area contributed by atoms with E-state index in [0.717, 1.165) is 12.8 Å². The first-order valence-corrected chi connectivity index (χ1v) is 6.87. The number of urea groups is 1. The lowest BCUT2D eigenvalue weighted by atomic mass is 10.1. The van der Waals surface area contributed by atoms with Crippen molar-refractivity contribution in [2.75, 3.05) is 20.2 Å². The van der Waals surface area contributed by atoms with Gasteiger partial charge in [0, 0.05) is 19.1 Å². The molecular weight excluding hydrogens is 264 g/mol. The number of carbonyl (C=O) groups excluding carboxylic acids is 2. The molecular formula is C13H20N2O5. The van der Waals surface area contributed by atoms with Crippen molar-refractivity contribution in [2.45, 2.75) is 31.7 Å². The molecule has 7 nitrogen and oxygen atoms in total. The third-order valence-electron chi connectivity index (χ3n) is 4.12. The number of carbonyl (C=O) groups is 3. The van der Waals surface area contributed by atoms with Gasteiger partial charge in [-0.2, -0.15) is 0 Å². The van der Waals surface area contributed by atoms with Gasteiger partial charge in [0.1, 0.15) is 0 Å². The van der Waals surface area contributed by atoms with E-state index in [1.807, 2.05) is 0 Å². The number of nitrogens with one attached hydrogen (secondary N) is 1. The van der Waals surface area contributed by atoms with E-state index in [2.05, 4.69) is 5.32 Å². The van der Waals surface area contributed by atoms with Gasteiger partial charge < -0.3 is 20.1 Å². The van der Waals surface area contributed by atoms with Crippen LogP contribution in [0.1, 0.15) is 25.7 Å². The van der Waals surface area contributed by atoms with Crippen molar-refractivity contribution >= 4 is 18.0 Å². The van der Waals surface area contributed by atoms with Gasteiger partial charge in [-0.15, -0.1) is 0 Å². The second kappa shape index (κ2) is 6.11. The highest BCUT2D eigenvalue weighted by Crippen LogP contribution is 2.27. The van der Waals surface area contributed by atoms with Crippen LogP contribution >= 0.6 is 0 Å². The van der Waals surface area contributed by atoms with Crippen LogP contribution in [0.25, 0.3) is 0 Å². The minimum Gasteiger partial charge on any atom is -0.481 e. The Bertz CT molecular complexity index is 412. The molecule has 1 saturated heterocycles. The van der Waals surface area contributed by atoms with Crippen LogP contribution in [0, 0.1) is 11.8 Å². The van der Waals surface area contributed by atoms with Crippen LogP contribution in [0.3, 0.4) is 0 Å². The van der Waals surface area contributed by atoms with Crippen LogP contribution < -0.4 is 5.32 Å². The molecule has 0 radical (unpaired) electrons. The Morgan fingerprint density at radius 1 is 1.20 bits per heavy atom. The lowest BCUT2D eigenvalue weighted by Gasteiger charge is -2.20. The van der Waals surface area contributed by atoms with Gasteiger partial charge in [0.25, 0.3) is 0 Å². The van der Waals surface area contributed by atoms with E-state index in [0.29, 0.717) is 19.4 Å². The summed E-state index contributed by atoms with van der Waals surface area (Å²) >= 11 is 0. The molecule has 20 heavy (non-hydrogen) atoms. The lowest BCUT2D eigenvalue weighted by molar-refractivity contribution is -0.145. The van der Waals surface area contributed by atoms with Crippen molar-refractivity contribution in [2.24, 2.45) is 11.8 Å². The molecule has 1 saturated carbocycles. The highest BCUT2D eigenvalue weighted by Gasteiger charge is 2.35. The highest BCUT2D eigenvalue weighted by atomic mass is 16.5. The number of ether oxygens (including phenoxy) is 1. The molecule has 1 unspecified atom stereocenters. The smallest absolute Gasteiger partial charge is 0.317 e. The van der Waals surface area contributed by atoms with Crippen LogP contribution in [-0.4, -0.2) is 54.2 Å². The number of carboxylic acid groups (broad SMARTS) is 1. The van der Waals surface area contributed by atoms with E-state index in [1.165, 1.54) is 12.0 Å². The monoisotopic (exact) mass is 284 g/mol. The molecule has 112 valence electrons. The fraction of sp³-hybridized carbons (Fsp3) is 0.769. The Morgan fingerprint density at radius 3 is 2.55 bits per heavy atom. The Labute approximate surface area is 117 Å². The Kier molecular flexibility index (Phi) is 4.46. The molecule has 0 spiro atoms. The van der Waals surface area contributed by atoms with Crippen molar-refractivity contribution in [1.82, 2.24) is 10.2 Å². The van der Waals surface area contributed by atoms with E-state index in [4.69, 9.17) is 9.84 Å². The number of esters is 1. The fourth-order valence-electron chi connectivity index (χ4n) is 2.91. The van der Waals surface area contributed by atoms with Gasteiger partial charge in [-0.1, -0.05) is 0 Å². The predicted molar refractivity (Wildman–Crippen MR) is 69.0 cm³/mol. The molecule has 1 aliphatic heterocycles. The maximum atomic E-state index is 12.0. The molecule has 2 fully saturated rings. The van der Waals surface area contributed by atoms with Crippen molar-refractivity contribution in [3.8, 4) is 0 Å². The van der Waals surface area contributed by atoms with E-state index < -0.39 is 11.9 Å². The summed E-state index contributed by atoms with van der Waals surface area (Å²) in [5.74, 6) is -1.69. The SMILES string of the molecule is COC(=O)[C@H]1CC[C@@H](NC(=O)N2CCC(C(=O)O)C2)C1. The fourth-order valence-corrected chi connectivity index (χ4v) is 2.91. The predicted octanol–water partition coefficient (Wildman–Crippen LogP) is 0.444. The first-order chi connectivity index (χ1) is 9.51. The average Bonchev–Trinajstić information content (AvgIpc) is 3.06. The van der Waals surface area contributed by atoms with Gasteiger partial charge in [0.15, 0.2) is 0 Å². The summed E-state index contributed by atoms with van der Waals surface area (Å²) in [6.07, 6.45) is 2.56. The molecule has 0 aromatic rings. The molecule has 2 aliphatic rings. The summed E-state index contributed by atoms with van der Waals surface area (Å²) in [5, 5.41) is 11.8. The number of methoxy groups -OCH3 is 1. The minimum absolute atomic E-state index is 0.0320. The maximum absolute atomic E-state index is 12.0. The molecule has 0 bridgehead atoms. The van der Waals surface area contributed by atoms with Crippen LogP contribution in [-0.2, 0) is 14.3 Å². The largest absolute Gasteiger partial charge is 0.481 e. The van der Waals surface area contributed by atoms with Crippen LogP contribution in [0.2, 0.25) is 0 Å². The molecule has 1 aliphatic carbocycles. The lowest BCUT2D eigenvalue weighted by Crippen LogP contribution is -2.43. The molecule has 2 rings (SSSR count). The minimum atomic E-state index is -0.855. The zero-order chi connectivity index (χ0) is 14.7. The van der Waals surface area contributed by atoms with Crippen LogP contribution in [0.5, 0.6) is 0 Å². The van der Waals surface area contributed by atoms with Gasteiger partial charge in [-0.05, 0) is 25.7 Å². The quantitative estimate of drug-likeness (QED) is 0.733. The summed E-state index contributed by atoms with van der Waals surface area (Å²) in [7, 11) is 1.37. The number of carboxylic acids is 1. The zero-order valence-corrected chi connectivity index (χ0v) is 11.5. The molecule has 0 aromatic carbocycles. The van der Waals surface area contributed by atoms with E-state index in [9.17, 15) is 14.4 Å². The van der Waals surface area contributed by atoms with Gasteiger partial charge in [-0.25, -0.2) is 4.79 Å². The first kappa shape index (κ1) is 14.6. The zero-order valence-electron chi connectivity index (χ0n) is 11.5. The van der Waals surface area contributed by atoms with Gasteiger partial charge in [0.2, 0.25) is 0 Å². The summed E-state index contributed by atoms with van der Waals surface area (Å²) < 4.78 is 4.70.